The number of hydrogen-bond donors (Lipinski definition) is 8. The lowest BCUT2D eigenvalue weighted by Crippen LogP contribution is -2.67. The molecule has 8 N–H and O–H groups in total. The van der Waals surface area contributed by atoms with Crippen LogP contribution in [0.25, 0.3) is 22.3 Å². The van der Waals surface area contributed by atoms with Crippen molar-refractivity contribution >= 4 is 18.9 Å². The molecule has 1 aliphatic carbocycles. The van der Waals surface area contributed by atoms with Gasteiger partial charge in [0.2, 0.25) is 11.6 Å². The molecule has 3 aromatic rings. The Morgan fingerprint density at radius 2 is 1.79 bits per heavy atom. The monoisotopic (exact) mass is 389 g/mol. The second kappa shape index (κ2) is 5.58. The van der Waals surface area contributed by atoms with Crippen molar-refractivity contribution in [1.82, 2.24) is 24.7 Å². The van der Waals surface area contributed by atoms with E-state index in [0.29, 0.717) is 22.3 Å². The van der Waals surface area contributed by atoms with Gasteiger partial charge in [0.15, 0.2) is 0 Å². The van der Waals surface area contributed by atoms with Gasteiger partial charge in [0, 0.05) is 23.3 Å². The van der Waals surface area contributed by atoms with Crippen LogP contribution in [0.1, 0.15) is 0 Å². The highest BCUT2D eigenvalue weighted by Gasteiger charge is 2.81. The van der Waals surface area contributed by atoms with Gasteiger partial charge in [0.1, 0.15) is 19.8 Å². The zero-order chi connectivity index (χ0) is 20.5. The lowest BCUT2D eigenvalue weighted by molar-refractivity contribution is -0.432. The number of fused-ring (bicyclic) bond motifs is 1. The Morgan fingerprint density at radius 1 is 1.07 bits per heavy atom. The molecular formula is C15H16BN5O7. The Balaban J connectivity index is 1.70. The lowest BCUT2D eigenvalue weighted by Gasteiger charge is -2.37. The minimum Gasteiger partial charge on any atom is -0.394 e. The van der Waals surface area contributed by atoms with Crippen LogP contribution in [0.2, 0.25) is 0 Å². The Morgan fingerprint density at radius 3 is 2.43 bits per heavy atom. The number of aliphatic hydroxyl groups is 7. The molecule has 0 aliphatic heterocycles. The maximum atomic E-state index is 10.2. The zero-order valence-electron chi connectivity index (χ0n) is 14.2. The van der Waals surface area contributed by atoms with E-state index in [4.69, 9.17) is 7.85 Å². The van der Waals surface area contributed by atoms with E-state index < -0.39 is 35.3 Å². The number of aromatic amines is 1. The molecule has 4 rings (SSSR count). The predicted octanol–water partition coefficient (Wildman–Crippen LogP) is -3.65. The lowest BCUT2D eigenvalue weighted by atomic mass is 9.69. The fraction of sp³-hybridized carbons (Fsp3) is 0.400. The molecule has 2 radical (unpaired) electrons. The van der Waals surface area contributed by atoms with Crippen LogP contribution in [0, 0.1) is 5.92 Å². The van der Waals surface area contributed by atoms with E-state index in [1.165, 1.54) is 18.7 Å². The number of nitrogens with zero attached hydrogens (tertiary/aromatic N) is 4. The van der Waals surface area contributed by atoms with Gasteiger partial charge in [0.25, 0.3) is 5.79 Å². The number of nitrogens with one attached hydrogen (secondary N) is 1. The number of rotatable bonds is 3. The van der Waals surface area contributed by atoms with Crippen LogP contribution >= 0.6 is 0 Å². The molecule has 13 heteroatoms. The van der Waals surface area contributed by atoms with Gasteiger partial charge in [-0.3, -0.25) is 4.68 Å². The predicted molar refractivity (Wildman–Crippen MR) is 90.8 cm³/mol. The smallest absolute Gasteiger partial charge is 0.276 e. The van der Waals surface area contributed by atoms with Crippen LogP contribution < -0.4 is 0 Å². The van der Waals surface area contributed by atoms with Gasteiger partial charge in [0.05, 0.1) is 29.9 Å². The number of H-pyrrole nitrogens is 1. The van der Waals surface area contributed by atoms with E-state index >= 15 is 0 Å². The fourth-order valence-corrected chi connectivity index (χ4v) is 3.47. The summed E-state index contributed by atoms with van der Waals surface area (Å²) in [7, 11) is 5.43. The summed E-state index contributed by atoms with van der Waals surface area (Å²) in [6.45, 7) is -0.604. The average molecular weight is 389 g/mol. The maximum Gasteiger partial charge on any atom is 0.276 e. The van der Waals surface area contributed by atoms with Crippen molar-refractivity contribution in [3.8, 4) is 11.3 Å². The molecule has 0 bridgehead atoms. The first-order valence-corrected chi connectivity index (χ1v) is 8.07. The van der Waals surface area contributed by atoms with E-state index in [1.807, 2.05) is 0 Å². The second-order valence-electron chi connectivity index (χ2n) is 6.86. The van der Waals surface area contributed by atoms with E-state index in [2.05, 4.69) is 20.1 Å². The van der Waals surface area contributed by atoms with E-state index in [9.17, 15) is 35.7 Å². The molecule has 2 unspecified atom stereocenters. The molecule has 1 aliphatic rings. The van der Waals surface area contributed by atoms with E-state index in [0.717, 1.165) is 4.68 Å². The molecule has 146 valence electrons. The minimum atomic E-state index is -3.94. The van der Waals surface area contributed by atoms with Gasteiger partial charge in [-0.15, -0.1) is 0 Å². The largest absolute Gasteiger partial charge is 0.394 e. The summed E-state index contributed by atoms with van der Waals surface area (Å²) in [4.78, 5) is 11.2. The Labute approximate surface area is 157 Å². The summed E-state index contributed by atoms with van der Waals surface area (Å²) in [6.07, 6.45) is 5.83. The highest BCUT2D eigenvalue weighted by Crippen LogP contribution is 2.51. The standard InChI is InChI=1S/C15H16BN5O7/c16-12(22)9(13(23,24)15(27,28)14(12,25)26)5-21-4-7(3-20-21)10-8-1-2-17-11(8)19-6-18-10/h1-4,6,9,22-28H,5H2,(H,17,18,19). The Kier molecular flexibility index (Phi) is 3.77. The summed E-state index contributed by atoms with van der Waals surface area (Å²) in [5.74, 6) is -13.4. The van der Waals surface area contributed by atoms with Crippen molar-refractivity contribution in [3.05, 3.63) is 31.0 Å². The van der Waals surface area contributed by atoms with E-state index in [1.54, 1.807) is 12.3 Å². The van der Waals surface area contributed by atoms with Crippen molar-refractivity contribution in [2.24, 2.45) is 5.92 Å². The maximum absolute atomic E-state index is 10.2. The fourth-order valence-electron chi connectivity index (χ4n) is 3.47. The second-order valence-corrected chi connectivity index (χ2v) is 6.86. The molecule has 3 aromatic heterocycles. The molecule has 0 spiro atoms. The van der Waals surface area contributed by atoms with Crippen molar-refractivity contribution in [3.63, 3.8) is 0 Å². The first kappa shape index (κ1) is 19.0. The molecule has 1 saturated carbocycles. The normalized spacial score (nSPS) is 28.0. The van der Waals surface area contributed by atoms with Crippen LogP contribution in [-0.4, -0.2) is 91.2 Å². The number of hydrogen-bond acceptors (Lipinski definition) is 10. The van der Waals surface area contributed by atoms with Gasteiger partial charge >= 0.3 is 0 Å². The van der Waals surface area contributed by atoms with Gasteiger partial charge in [-0.05, 0) is 6.07 Å². The molecule has 1 fully saturated rings. The van der Waals surface area contributed by atoms with Crippen LogP contribution in [-0.2, 0) is 6.54 Å². The minimum absolute atomic E-state index is 0.505. The van der Waals surface area contributed by atoms with E-state index in [-0.39, 0.29) is 0 Å². The molecule has 28 heavy (non-hydrogen) atoms. The molecule has 0 amide bonds. The summed E-state index contributed by atoms with van der Waals surface area (Å²) < 4.78 is 1.11. The van der Waals surface area contributed by atoms with Crippen LogP contribution in [0.3, 0.4) is 0 Å². The quantitative estimate of drug-likeness (QED) is 0.163. The average Bonchev–Trinajstić information content (AvgIpc) is 3.28. The molecule has 0 aromatic carbocycles. The van der Waals surface area contributed by atoms with Gasteiger partial charge in [-0.1, -0.05) is 0 Å². The molecule has 2 atom stereocenters. The zero-order valence-corrected chi connectivity index (χ0v) is 14.2. The van der Waals surface area contributed by atoms with Gasteiger partial charge in [-0.25, -0.2) is 9.97 Å². The third-order valence-electron chi connectivity index (χ3n) is 5.21. The third kappa shape index (κ3) is 2.23. The van der Waals surface area contributed by atoms with Crippen LogP contribution in [0.5, 0.6) is 0 Å². The van der Waals surface area contributed by atoms with Crippen molar-refractivity contribution < 1.29 is 35.7 Å². The summed E-state index contributed by atoms with van der Waals surface area (Å²) >= 11 is 0. The highest BCUT2D eigenvalue weighted by atomic mass is 16.7. The third-order valence-corrected chi connectivity index (χ3v) is 5.21. The van der Waals surface area contributed by atoms with Crippen molar-refractivity contribution in [1.29, 1.82) is 0 Å². The molecular weight excluding hydrogens is 373 g/mol. The molecule has 0 saturated heterocycles. The Hall–Kier alpha value is -2.39. The van der Waals surface area contributed by atoms with Gasteiger partial charge < -0.3 is 40.7 Å². The Bertz CT molecular complexity index is 1020. The highest BCUT2D eigenvalue weighted by molar-refractivity contribution is 6.16. The van der Waals surface area contributed by atoms with Crippen LogP contribution in [0.15, 0.2) is 31.0 Å². The number of aromatic nitrogens is 5. The van der Waals surface area contributed by atoms with Gasteiger partial charge in [-0.2, -0.15) is 5.10 Å². The summed E-state index contributed by atoms with van der Waals surface area (Å²) in [6, 6.07) is 1.75. The van der Waals surface area contributed by atoms with Crippen molar-refractivity contribution in [2.45, 2.75) is 29.4 Å². The summed E-state index contributed by atoms with van der Waals surface area (Å²) in [5.41, 5.74) is -1.59. The molecule has 3 heterocycles. The first-order chi connectivity index (χ1) is 12.9. The molecule has 12 nitrogen and oxygen atoms in total. The van der Waals surface area contributed by atoms with Crippen LogP contribution in [0.4, 0.5) is 0 Å². The topological polar surface area (TPSA) is 201 Å². The first-order valence-electron chi connectivity index (χ1n) is 8.07. The summed E-state index contributed by atoms with van der Waals surface area (Å²) in [5, 5.41) is 74.3. The van der Waals surface area contributed by atoms with Crippen molar-refractivity contribution in [2.75, 3.05) is 0 Å². The SMILES string of the molecule is [B]C1(O)C(Cn2cc(-c3ncnc4[nH]ccc34)cn2)C(O)(O)C(O)(O)C1(O)O.